The fourth-order valence-electron chi connectivity index (χ4n) is 1.81. The van der Waals surface area contributed by atoms with Crippen molar-refractivity contribution in [1.82, 2.24) is 0 Å². The minimum Gasteiger partial charge on any atom is -0.0946 e. The lowest BCUT2D eigenvalue weighted by Gasteiger charge is -2.56. The standard InChI is InChI=1S/C12Cl24/c13-1(2(14)15)3(16,17)4(18,19)5(20,21)6(22,23)7(24,25)8(26,27)9(28,29)10(30,31)11(32,33)12(34,35)36. The van der Waals surface area contributed by atoms with Gasteiger partial charge in [-0.05, 0) is 0 Å². The number of hydrogen-bond acceptors (Lipinski definition) is 0. The van der Waals surface area contributed by atoms with Gasteiger partial charge in [0.2, 0.25) is 8.13 Å². The van der Waals surface area contributed by atoms with Crippen molar-refractivity contribution in [1.29, 1.82) is 0 Å². The van der Waals surface area contributed by atoms with Crippen molar-refractivity contribution >= 4 is 278 Å². The predicted octanol–water partition coefficient (Wildman–Crippen LogP) is 14.8. The monoisotopic (exact) mass is 983 g/mol. The number of rotatable bonds is 9. The van der Waals surface area contributed by atoms with Crippen molar-refractivity contribution in [2.75, 3.05) is 0 Å². The second kappa shape index (κ2) is 13.1. The minimum absolute atomic E-state index is 0.736. The van der Waals surface area contributed by atoms with Crippen LogP contribution >= 0.6 is 278 Å². The number of allylic oxidation sites excluding steroid dienone is 1. The van der Waals surface area contributed by atoms with Crippen LogP contribution in [0, 0.1) is 0 Å². The van der Waals surface area contributed by atoms with Crippen molar-refractivity contribution in [3.8, 4) is 0 Å². The Hall–Kier alpha value is 6.70. The van der Waals surface area contributed by atoms with E-state index in [1.54, 1.807) is 0 Å². The molecule has 0 N–H and O–H groups in total. The zero-order chi connectivity index (χ0) is 30.2. The van der Waals surface area contributed by atoms with Crippen molar-refractivity contribution in [3.05, 3.63) is 9.52 Å². The highest BCUT2D eigenvalue weighted by Gasteiger charge is 2.83. The maximum Gasteiger partial charge on any atom is 0.226 e. The molecular weight excluding hydrogens is 995 g/mol. The van der Waals surface area contributed by atoms with Gasteiger partial charge in [-0.1, -0.05) is 278 Å². The molecular formula is C12Cl24. The van der Waals surface area contributed by atoms with E-state index in [0.717, 1.165) is 0 Å². The van der Waals surface area contributed by atoms with Crippen molar-refractivity contribution < 1.29 is 0 Å². The van der Waals surface area contributed by atoms with E-state index >= 15 is 0 Å². The van der Waals surface area contributed by atoms with E-state index in [-0.39, 0.29) is 0 Å². The van der Waals surface area contributed by atoms with Gasteiger partial charge in [-0.2, -0.15) is 0 Å². The Labute approximate surface area is 325 Å². The second-order valence-corrected chi connectivity index (χ2v) is 21.8. The van der Waals surface area contributed by atoms with Gasteiger partial charge in [0, 0.05) is 0 Å². The van der Waals surface area contributed by atoms with Gasteiger partial charge in [-0.15, -0.1) is 0 Å². The average Bonchev–Trinajstić information content (AvgIpc) is 2.64. The van der Waals surface area contributed by atoms with E-state index < -0.39 is 52.3 Å². The van der Waals surface area contributed by atoms with Gasteiger partial charge in [0.15, 0.2) is 34.7 Å². The third-order valence-corrected chi connectivity index (χ3v) is 19.7. The van der Waals surface area contributed by atoms with Gasteiger partial charge >= 0.3 is 0 Å². The summed E-state index contributed by atoms with van der Waals surface area (Å²) in [6.07, 6.45) is 0. The third kappa shape index (κ3) is 6.72. The summed E-state index contributed by atoms with van der Waals surface area (Å²) in [5.74, 6) is 0. The molecule has 0 bridgehead atoms. The first-order valence-corrected chi connectivity index (χ1v) is 16.4. The Morgan fingerprint density at radius 2 is 0.472 bits per heavy atom. The van der Waals surface area contributed by atoms with Crippen molar-refractivity contribution in [3.63, 3.8) is 0 Å². The van der Waals surface area contributed by atoms with E-state index in [4.69, 9.17) is 278 Å². The average molecular weight is 995 g/mol. The lowest BCUT2D eigenvalue weighted by atomic mass is 10.00. The molecule has 0 saturated carbocycles. The number of hydrogen-bond donors (Lipinski definition) is 0. The second-order valence-electron chi connectivity index (χ2n) is 6.24. The Kier molecular flexibility index (Phi) is 15.5. The maximum absolute atomic E-state index is 6.35. The Morgan fingerprint density at radius 3 is 0.667 bits per heavy atom. The molecule has 0 rings (SSSR count). The van der Waals surface area contributed by atoms with Crippen molar-refractivity contribution in [2.45, 2.75) is 42.8 Å². The Balaban J connectivity index is 7.21. The molecule has 36 heavy (non-hydrogen) atoms. The number of alkyl halides is 21. The molecule has 0 fully saturated rings. The normalized spacial score (nSPS) is 16.3. The van der Waals surface area contributed by atoms with Gasteiger partial charge in [-0.25, -0.2) is 0 Å². The highest BCUT2D eigenvalue weighted by molar-refractivity contribution is 6.84. The van der Waals surface area contributed by atoms with E-state index in [0.29, 0.717) is 0 Å². The van der Waals surface area contributed by atoms with E-state index in [1.807, 2.05) is 0 Å². The van der Waals surface area contributed by atoms with Crippen LogP contribution in [0.25, 0.3) is 0 Å². The summed E-state index contributed by atoms with van der Waals surface area (Å²) in [5, 5.41) is -0.812. The zero-order valence-electron chi connectivity index (χ0n) is 15.1. The lowest BCUT2D eigenvalue weighted by Crippen LogP contribution is -2.72. The van der Waals surface area contributed by atoms with Crippen LogP contribution in [0.15, 0.2) is 9.52 Å². The fraction of sp³-hybridized carbons (Fsp3) is 0.833. The lowest BCUT2D eigenvalue weighted by molar-refractivity contribution is 0.434. The molecule has 0 nitrogen and oxygen atoms in total. The molecule has 0 radical (unpaired) electrons. The first-order valence-electron chi connectivity index (χ1n) is 7.29. The molecule has 0 aliphatic rings. The van der Waals surface area contributed by atoms with Gasteiger partial charge in [0.05, 0.1) is 5.03 Å². The summed E-state index contributed by atoms with van der Waals surface area (Å²) >= 11 is 147. The zero-order valence-corrected chi connectivity index (χ0v) is 33.2. The Bertz CT molecular complexity index is 849. The van der Waals surface area contributed by atoms with E-state index in [9.17, 15) is 0 Å². The van der Waals surface area contributed by atoms with Gasteiger partial charge in [0.25, 0.3) is 0 Å². The van der Waals surface area contributed by atoms with Crippen LogP contribution in [0.1, 0.15) is 0 Å². The van der Waals surface area contributed by atoms with Gasteiger partial charge < -0.3 is 0 Å². The molecule has 0 aromatic heterocycles. The molecule has 0 saturated heterocycles. The maximum atomic E-state index is 6.35. The summed E-state index contributed by atoms with van der Waals surface area (Å²) < 4.78 is -31.5. The van der Waals surface area contributed by atoms with E-state index in [2.05, 4.69) is 0 Å². The highest BCUT2D eigenvalue weighted by Crippen LogP contribution is 2.75. The van der Waals surface area contributed by atoms with Crippen LogP contribution in [0.2, 0.25) is 0 Å². The van der Waals surface area contributed by atoms with Gasteiger partial charge in [0.1, 0.15) is 4.49 Å². The largest absolute Gasteiger partial charge is 0.226 e. The molecule has 0 spiro atoms. The van der Waals surface area contributed by atoms with Crippen LogP contribution in [-0.2, 0) is 0 Å². The first-order chi connectivity index (χ1) is 15.1. The molecule has 0 unspecified atom stereocenters. The molecule has 0 aromatic rings. The third-order valence-electron chi connectivity index (χ3n) is 3.95. The van der Waals surface area contributed by atoms with Crippen molar-refractivity contribution in [2.24, 2.45) is 0 Å². The van der Waals surface area contributed by atoms with Gasteiger partial charge in [-0.3, -0.25) is 0 Å². The molecule has 216 valence electrons. The molecule has 0 aliphatic heterocycles. The molecule has 0 aromatic carbocycles. The summed E-state index contributed by atoms with van der Waals surface area (Å²) in [6, 6.07) is 0. The fourth-order valence-corrected chi connectivity index (χ4v) is 9.23. The van der Waals surface area contributed by atoms with Crippen LogP contribution in [0.4, 0.5) is 0 Å². The summed E-state index contributed by atoms with van der Waals surface area (Å²) in [7, 11) is 0. The summed E-state index contributed by atoms with van der Waals surface area (Å²) in [6.45, 7) is 0. The summed E-state index contributed by atoms with van der Waals surface area (Å²) in [5.41, 5.74) is 0. The van der Waals surface area contributed by atoms with Crippen LogP contribution in [0.5, 0.6) is 0 Å². The minimum atomic E-state index is -3.29. The molecule has 0 aliphatic carbocycles. The quantitative estimate of drug-likeness (QED) is 0.202. The number of halogens is 24. The molecule has 0 heterocycles. The SMILES string of the molecule is ClC(Cl)=C(Cl)C(Cl)(Cl)C(Cl)(Cl)C(Cl)(Cl)C(Cl)(Cl)C(Cl)(Cl)C(Cl)(Cl)C(Cl)(Cl)C(Cl)(Cl)C(Cl)(Cl)C(Cl)(Cl)Cl. The van der Waals surface area contributed by atoms with E-state index in [1.165, 1.54) is 0 Å². The van der Waals surface area contributed by atoms with Crippen LogP contribution in [-0.4, -0.2) is 42.8 Å². The first kappa shape index (κ1) is 42.7. The Morgan fingerprint density at radius 1 is 0.278 bits per heavy atom. The smallest absolute Gasteiger partial charge is 0.0946 e. The highest BCUT2D eigenvalue weighted by atomic mass is 35.6. The predicted molar refractivity (Wildman–Crippen MR) is 175 cm³/mol. The van der Waals surface area contributed by atoms with Crippen LogP contribution < -0.4 is 0 Å². The summed E-state index contributed by atoms with van der Waals surface area (Å²) in [4.78, 5) is 0. The van der Waals surface area contributed by atoms with Crippen LogP contribution in [0.3, 0.4) is 0 Å². The molecule has 0 amide bonds. The molecule has 24 heteroatoms. The topological polar surface area (TPSA) is 0 Å². The molecule has 0 atom stereocenters.